The molecule has 2 rings (SSSR count). The van der Waals surface area contributed by atoms with Crippen molar-refractivity contribution >= 4 is 11.3 Å². The van der Waals surface area contributed by atoms with Gasteiger partial charge in [-0.1, -0.05) is 25.2 Å². The van der Waals surface area contributed by atoms with Gasteiger partial charge in [-0.15, -0.1) is 10.2 Å². The van der Waals surface area contributed by atoms with Crippen LogP contribution in [0, 0.1) is 11.6 Å². The van der Waals surface area contributed by atoms with E-state index in [2.05, 4.69) is 29.4 Å². The van der Waals surface area contributed by atoms with E-state index in [1.807, 2.05) is 0 Å². The second-order valence-corrected chi connectivity index (χ2v) is 5.90. The van der Waals surface area contributed by atoms with Crippen LogP contribution in [0.2, 0.25) is 0 Å². The van der Waals surface area contributed by atoms with Crippen LogP contribution in [0.15, 0.2) is 18.2 Å². The standard InChI is InChI=1S/C14H17F2N3S/c1-9(2)17-7-3-4-13-18-19-14(20-13)11-8-10(15)5-6-12(11)16/h5-6,8-9,17H,3-4,7H2,1-2H3. The molecule has 0 spiro atoms. The Morgan fingerprint density at radius 3 is 2.80 bits per heavy atom. The Morgan fingerprint density at radius 2 is 2.05 bits per heavy atom. The average molecular weight is 297 g/mol. The lowest BCUT2D eigenvalue weighted by molar-refractivity contribution is 0.569. The van der Waals surface area contributed by atoms with E-state index in [4.69, 9.17) is 0 Å². The van der Waals surface area contributed by atoms with Gasteiger partial charge in [-0.2, -0.15) is 0 Å². The van der Waals surface area contributed by atoms with Crippen LogP contribution in [0.25, 0.3) is 10.6 Å². The van der Waals surface area contributed by atoms with Crippen LogP contribution in [0.5, 0.6) is 0 Å². The van der Waals surface area contributed by atoms with Crippen molar-refractivity contribution in [1.82, 2.24) is 15.5 Å². The highest BCUT2D eigenvalue weighted by atomic mass is 32.1. The summed E-state index contributed by atoms with van der Waals surface area (Å²) < 4.78 is 26.8. The third kappa shape index (κ3) is 4.05. The van der Waals surface area contributed by atoms with Crippen molar-refractivity contribution in [2.45, 2.75) is 32.7 Å². The van der Waals surface area contributed by atoms with Crippen LogP contribution in [-0.4, -0.2) is 22.8 Å². The molecule has 0 fully saturated rings. The molecular formula is C14H17F2N3S. The number of aromatic nitrogens is 2. The molecule has 0 radical (unpaired) electrons. The van der Waals surface area contributed by atoms with Crippen molar-refractivity contribution < 1.29 is 8.78 Å². The Hall–Kier alpha value is -1.40. The Bertz CT molecular complexity index is 569. The lowest BCUT2D eigenvalue weighted by Gasteiger charge is -2.05. The van der Waals surface area contributed by atoms with Crippen LogP contribution >= 0.6 is 11.3 Å². The number of hydrogen-bond donors (Lipinski definition) is 1. The van der Waals surface area contributed by atoms with Crippen molar-refractivity contribution in [3.8, 4) is 10.6 Å². The molecule has 20 heavy (non-hydrogen) atoms. The fraction of sp³-hybridized carbons (Fsp3) is 0.429. The number of rotatable bonds is 6. The smallest absolute Gasteiger partial charge is 0.150 e. The van der Waals surface area contributed by atoms with Gasteiger partial charge in [0.05, 0.1) is 5.56 Å². The summed E-state index contributed by atoms with van der Waals surface area (Å²) in [5, 5.41) is 12.6. The van der Waals surface area contributed by atoms with Crippen molar-refractivity contribution in [2.24, 2.45) is 0 Å². The van der Waals surface area contributed by atoms with Crippen LogP contribution in [0.1, 0.15) is 25.3 Å². The molecular weight excluding hydrogens is 280 g/mol. The highest BCUT2D eigenvalue weighted by Gasteiger charge is 2.12. The van der Waals surface area contributed by atoms with Crippen molar-refractivity contribution in [1.29, 1.82) is 0 Å². The van der Waals surface area contributed by atoms with Crippen LogP contribution in [0.4, 0.5) is 8.78 Å². The highest BCUT2D eigenvalue weighted by molar-refractivity contribution is 7.14. The Morgan fingerprint density at radius 1 is 1.25 bits per heavy atom. The van der Waals surface area contributed by atoms with Crippen molar-refractivity contribution in [3.05, 3.63) is 34.8 Å². The molecule has 2 aromatic rings. The van der Waals surface area contributed by atoms with E-state index in [0.29, 0.717) is 11.0 Å². The van der Waals surface area contributed by atoms with Gasteiger partial charge in [-0.05, 0) is 31.2 Å². The topological polar surface area (TPSA) is 37.8 Å². The fourth-order valence-corrected chi connectivity index (χ4v) is 2.65. The number of nitrogens with one attached hydrogen (secondary N) is 1. The van der Waals surface area contributed by atoms with E-state index in [9.17, 15) is 8.78 Å². The molecule has 0 aliphatic carbocycles. The lowest BCUT2D eigenvalue weighted by Crippen LogP contribution is -2.23. The molecule has 0 saturated heterocycles. The van der Waals surface area contributed by atoms with Gasteiger partial charge in [0.15, 0.2) is 5.01 Å². The molecule has 1 heterocycles. The average Bonchev–Trinajstić information content (AvgIpc) is 2.86. The van der Waals surface area contributed by atoms with Crippen LogP contribution in [0.3, 0.4) is 0 Å². The van der Waals surface area contributed by atoms with Gasteiger partial charge in [-0.25, -0.2) is 8.78 Å². The quantitative estimate of drug-likeness (QED) is 0.830. The van der Waals surface area contributed by atoms with E-state index >= 15 is 0 Å². The van der Waals surface area contributed by atoms with Gasteiger partial charge in [0.25, 0.3) is 0 Å². The van der Waals surface area contributed by atoms with E-state index in [1.54, 1.807) is 0 Å². The van der Waals surface area contributed by atoms with Crippen LogP contribution < -0.4 is 5.32 Å². The largest absolute Gasteiger partial charge is 0.315 e. The first-order valence-electron chi connectivity index (χ1n) is 6.57. The van der Waals surface area contributed by atoms with Gasteiger partial charge in [-0.3, -0.25) is 0 Å². The van der Waals surface area contributed by atoms with E-state index in [1.165, 1.54) is 11.3 Å². The number of hydrogen-bond acceptors (Lipinski definition) is 4. The van der Waals surface area contributed by atoms with Gasteiger partial charge < -0.3 is 5.32 Å². The lowest BCUT2D eigenvalue weighted by atomic mass is 10.2. The van der Waals surface area contributed by atoms with Gasteiger partial charge in [0.2, 0.25) is 0 Å². The summed E-state index contributed by atoms with van der Waals surface area (Å²) in [6.07, 6.45) is 1.73. The molecule has 3 nitrogen and oxygen atoms in total. The summed E-state index contributed by atoms with van der Waals surface area (Å²) in [7, 11) is 0. The van der Waals surface area contributed by atoms with Crippen molar-refractivity contribution in [2.75, 3.05) is 6.54 Å². The maximum Gasteiger partial charge on any atom is 0.150 e. The highest BCUT2D eigenvalue weighted by Crippen LogP contribution is 2.27. The SMILES string of the molecule is CC(C)NCCCc1nnc(-c2cc(F)ccc2F)s1. The second-order valence-electron chi connectivity index (χ2n) is 4.84. The minimum atomic E-state index is -0.476. The zero-order chi connectivity index (χ0) is 14.5. The first-order chi connectivity index (χ1) is 9.56. The van der Waals surface area contributed by atoms with E-state index in [0.717, 1.165) is 42.6 Å². The van der Waals surface area contributed by atoms with E-state index < -0.39 is 11.6 Å². The molecule has 0 saturated carbocycles. The zero-order valence-electron chi connectivity index (χ0n) is 11.5. The predicted molar refractivity (Wildman–Crippen MR) is 76.7 cm³/mol. The van der Waals surface area contributed by atoms with Crippen LogP contribution in [-0.2, 0) is 6.42 Å². The van der Waals surface area contributed by atoms with Gasteiger partial charge in [0.1, 0.15) is 16.6 Å². The molecule has 0 unspecified atom stereocenters. The second kappa shape index (κ2) is 6.85. The molecule has 1 aromatic carbocycles. The molecule has 0 aliphatic heterocycles. The molecule has 1 N–H and O–H groups in total. The summed E-state index contributed by atoms with van der Waals surface area (Å²) in [5.41, 5.74) is 0.175. The Balaban J connectivity index is 2.00. The van der Waals surface area contributed by atoms with Gasteiger partial charge in [0, 0.05) is 12.5 Å². The molecule has 0 amide bonds. The third-order valence-corrected chi connectivity index (χ3v) is 3.76. The summed E-state index contributed by atoms with van der Waals surface area (Å²) in [6.45, 7) is 5.09. The van der Waals surface area contributed by atoms with Crippen molar-refractivity contribution in [3.63, 3.8) is 0 Å². The monoisotopic (exact) mass is 297 g/mol. The number of aryl methyl sites for hydroxylation is 1. The van der Waals surface area contributed by atoms with Gasteiger partial charge >= 0.3 is 0 Å². The zero-order valence-corrected chi connectivity index (χ0v) is 12.3. The maximum atomic E-state index is 13.6. The Kier molecular flexibility index (Phi) is 5.14. The summed E-state index contributed by atoms with van der Waals surface area (Å²) in [6, 6.07) is 3.82. The molecule has 0 aliphatic rings. The molecule has 0 bridgehead atoms. The number of benzene rings is 1. The molecule has 6 heteroatoms. The summed E-state index contributed by atoms with van der Waals surface area (Å²) in [5.74, 6) is -0.949. The fourth-order valence-electron chi connectivity index (χ4n) is 1.76. The number of halogens is 2. The minimum Gasteiger partial charge on any atom is -0.315 e. The normalized spacial score (nSPS) is 11.2. The maximum absolute atomic E-state index is 13.6. The molecule has 108 valence electrons. The van der Waals surface area contributed by atoms with E-state index in [-0.39, 0.29) is 5.56 Å². The summed E-state index contributed by atoms with van der Waals surface area (Å²) in [4.78, 5) is 0. The first kappa shape index (κ1) is 15.0. The Labute approximate surface area is 121 Å². The summed E-state index contributed by atoms with van der Waals surface area (Å²) >= 11 is 1.31. The minimum absolute atomic E-state index is 0.175. The molecule has 1 aromatic heterocycles. The predicted octanol–water partition coefficient (Wildman–Crippen LogP) is 3.41. The molecule has 0 atom stereocenters. The third-order valence-electron chi connectivity index (χ3n) is 2.75. The number of nitrogens with zero attached hydrogens (tertiary/aromatic N) is 2. The first-order valence-corrected chi connectivity index (χ1v) is 7.39.